The summed E-state index contributed by atoms with van der Waals surface area (Å²) in [6, 6.07) is 0.300. The fraction of sp³-hybridized carbons (Fsp3) is 0.875. The van der Waals surface area contributed by atoms with Crippen molar-refractivity contribution >= 4 is 33.6 Å². The van der Waals surface area contributed by atoms with Gasteiger partial charge in [-0.2, -0.15) is 11.8 Å². The highest BCUT2D eigenvalue weighted by Crippen LogP contribution is 2.03. The lowest BCUT2D eigenvalue weighted by molar-refractivity contribution is -0.119. The van der Waals surface area contributed by atoms with E-state index in [0.717, 1.165) is 17.9 Å². The normalized spacial score (nSPS) is 12.6. The molecule has 0 saturated carbocycles. The first-order chi connectivity index (χ1) is 5.70. The zero-order valence-corrected chi connectivity index (χ0v) is 10.0. The van der Waals surface area contributed by atoms with Crippen LogP contribution in [0, 0.1) is 0 Å². The van der Waals surface area contributed by atoms with E-state index in [4.69, 9.17) is 0 Å². The van der Waals surface area contributed by atoms with E-state index in [9.17, 15) is 4.79 Å². The van der Waals surface area contributed by atoms with Gasteiger partial charge in [0.25, 0.3) is 0 Å². The van der Waals surface area contributed by atoms with Crippen molar-refractivity contribution in [2.45, 2.75) is 26.3 Å². The van der Waals surface area contributed by atoms with Crippen molar-refractivity contribution in [1.82, 2.24) is 5.32 Å². The number of hydrogen-bond acceptors (Lipinski definition) is 2. The maximum Gasteiger partial charge on any atom is 0.230 e. The average molecular weight is 254 g/mol. The Morgan fingerprint density at radius 3 is 2.83 bits per heavy atom. The van der Waals surface area contributed by atoms with Gasteiger partial charge in [0.2, 0.25) is 5.91 Å². The predicted octanol–water partition coefficient (Wildman–Crippen LogP) is 2.03. The fourth-order valence-electron chi connectivity index (χ4n) is 0.790. The number of rotatable bonds is 6. The van der Waals surface area contributed by atoms with Crippen molar-refractivity contribution < 1.29 is 4.79 Å². The van der Waals surface area contributed by atoms with Crippen LogP contribution >= 0.6 is 27.7 Å². The zero-order valence-electron chi connectivity index (χ0n) is 7.60. The highest BCUT2D eigenvalue weighted by atomic mass is 79.9. The van der Waals surface area contributed by atoms with Gasteiger partial charge in [-0.25, -0.2) is 0 Å². The minimum atomic E-state index is 0.0731. The molecule has 12 heavy (non-hydrogen) atoms. The number of nitrogens with one attached hydrogen (secondary N) is 1. The second-order valence-electron chi connectivity index (χ2n) is 2.59. The standard InChI is InChI=1S/C8H16BrNOS/c1-3-12-5-4-7(2)10-8(11)6-9/h7H,3-6H2,1-2H3,(H,10,11). The second kappa shape index (κ2) is 7.92. The van der Waals surface area contributed by atoms with E-state index in [1.54, 1.807) is 0 Å². The monoisotopic (exact) mass is 253 g/mol. The first kappa shape index (κ1) is 12.3. The van der Waals surface area contributed by atoms with E-state index in [1.807, 2.05) is 18.7 Å². The third kappa shape index (κ3) is 6.98. The molecule has 1 N–H and O–H groups in total. The van der Waals surface area contributed by atoms with Crippen LogP contribution in [-0.2, 0) is 4.79 Å². The third-order valence-corrected chi connectivity index (χ3v) is 2.87. The Balaban J connectivity index is 3.32. The summed E-state index contributed by atoms with van der Waals surface area (Å²) >= 11 is 5.02. The lowest BCUT2D eigenvalue weighted by Crippen LogP contribution is -2.33. The van der Waals surface area contributed by atoms with Gasteiger partial charge in [0.05, 0.1) is 5.33 Å². The Bertz CT molecular complexity index is 132. The molecule has 0 spiro atoms. The summed E-state index contributed by atoms with van der Waals surface area (Å²) in [5.41, 5.74) is 0. The van der Waals surface area contributed by atoms with Crippen LogP contribution in [0.25, 0.3) is 0 Å². The molecule has 0 aliphatic rings. The summed E-state index contributed by atoms with van der Waals surface area (Å²) in [7, 11) is 0. The van der Waals surface area contributed by atoms with Crippen molar-refractivity contribution in [3.05, 3.63) is 0 Å². The quantitative estimate of drug-likeness (QED) is 0.580. The highest BCUT2D eigenvalue weighted by molar-refractivity contribution is 9.09. The Labute approximate surface area is 87.0 Å². The largest absolute Gasteiger partial charge is 0.353 e. The van der Waals surface area contributed by atoms with Crippen LogP contribution in [0.2, 0.25) is 0 Å². The van der Waals surface area contributed by atoms with Gasteiger partial charge in [0.15, 0.2) is 0 Å². The second-order valence-corrected chi connectivity index (χ2v) is 4.54. The topological polar surface area (TPSA) is 29.1 Å². The summed E-state index contributed by atoms with van der Waals surface area (Å²) in [4.78, 5) is 10.9. The number of carbonyl (C=O) groups is 1. The summed E-state index contributed by atoms with van der Waals surface area (Å²) in [5, 5.41) is 3.29. The minimum Gasteiger partial charge on any atom is -0.353 e. The molecule has 0 aliphatic heterocycles. The number of hydrogen-bond donors (Lipinski definition) is 1. The van der Waals surface area contributed by atoms with Crippen LogP contribution < -0.4 is 5.32 Å². The summed E-state index contributed by atoms with van der Waals surface area (Å²) in [6.45, 7) is 4.18. The molecule has 2 nitrogen and oxygen atoms in total. The third-order valence-electron chi connectivity index (χ3n) is 1.43. The Kier molecular flexibility index (Phi) is 8.12. The molecule has 0 bridgehead atoms. The number of amides is 1. The van der Waals surface area contributed by atoms with E-state index in [-0.39, 0.29) is 5.91 Å². The van der Waals surface area contributed by atoms with Gasteiger partial charge in [0, 0.05) is 6.04 Å². The van der Waals surface area contributed by atoms with Gasteiger partial charge in [-0.1, -0.05) is 22.9 Å². The predicted molar refractivity (Wildman–Crippen MR) is 59.0 cm³/mol. The zero-order chi connectivity index (χ0) is 9.40. The Morgan fingerprint density at radius 1 is 1.67 bits per heavy atom. The summed E-state index contributed by atoms with van der Waals surface area (Å²) in [5.74, 6) is 2.35. The molecular weight excluding hydrogens is 238 g/mol. The van der Waals surface area contributed by atoms with Crippen LogP contribution in [0.4, 0.5) is 0 Å². The highest BCUT2D eigenvalue weighted by Gasteiger charge is 2.04. The molecule has 0 aromatic rings. The maximum absolute atomic E-state index is 10.9. The van der Waals surface area contributed by atoms with Gasteiger partial charge in [-0.3, -0.25) is 4.79 Å². The smallest absolute Gasteiger partial charge is 0.230 e. The molecule has 0 heterocycles. The van der Waals surface area contributed by atoms with Crippen LogP contribution in [0.5, 0.6) is 0 Å². The van der Waals surface area contributed by atoms with Gasteiger partial charge >= 0.3 is 0 Å². The molecular formula is C8H16BrNOS. The molecule has 0 aromatic carbocycles. The van der Waals surface area contributed by atoms with Crippen molar-refractivity contribution in [2.75, 3.05) is 16.8 Å². The molecule has 0 saturated heterocycles. The van der Waals surface area contributed by atoms with Crippen molar-refractivity contribution in [3.8, 4) is 0 Å². The Hall–Kier alpha value is 0.300. The molecule has 1 unspecified atom stereocenters. The van der Waals surface area contributed by atoms with Gasteiger partial charge in [0.1, 0.15) is 0 Å². The van der Waals surface area contributed by atoms with Crippen molar-refractivity contribution in [1.29, 1.82) is 0 Å². The molecule has 0 fully saturated rings. The lowest BCUT2D eigenvalue weighted by Gasteiger charge is -2.11. The van der Waals surface area contributed by atoms with Crippen molar-refractivity contribution in [3.63, 3.8) is 0 Å². The average Bonchev–Trinajstić information content (AvgIpc) is 2.05. The molecule has 0 radical (unpaired) electrons. The van der Waals surface area contributed by atoms with Crippen LogP contribution in [-0.4, -0.2) is 28.8 Å². The molecule has 4 heteroatoms. The van der Waals surface area contributed by atoms with Crippen molar-refractivity contribution in [2.24, 2.45) is 0 Å². The maximum atomic E-state index is 10.9. The van der Waals surface area contributed by atoms with Crippen LogP contribution in [0.15, 0.2) is 0 Å². The number of alkyl halides is 1. The van der Waals surface area contributed by atoms with Gasteiger partial charge in [-0.05, 0) is 24.9 Å². The van der Waals surface area contributed by atoms with E-state index >= 15 is 0 Å². The molecule has 0 aromatic heterocycles. The summed E-state index contributed by atoms with van der Waals surface area (Å²) < 4.78 is 0. The van der Waals surface area contributed by atoms with E-state index in [0.29, 0.717) is 11.4 Å². The van der Waals surface area contributed by atoms with Gasteiger partial charge < -0.3 is 5.32 Å². The minimum absolute atomic E-state index is 0.0731. The van der Waals surface area contributed by atoms with Crippen LogP contribution in [0.1, 0.15) is 20.3 Å². The molecule has 0 rings (SSSR count). The van der Waals surface area contributed by atoms with E-state index in [2.05, 4.69) is 28.2 Å². The molecule has 72 valence electrons. The Morgan fingerprint density at radius 2 is 2.33 bits per heavy atom. The van der Waals surface area contributed by atoms with Gasteiger partial charge in [-0.15, -0.1) is 0 Å². The first-order valence-electron chi connectivity index (χ1n) is 4.13. The van der Waals surface area contributed by atoms with Crippen LogP contribution in [0.3, 0.4) is 0 Å². The van der Waals surface area contributed by atoms with E-state index in [1.165, 1.54) is 0 Å². The number of carbonyl (C=O) groups excluding carboxylic acids is 1. The molecule has 1 atom stereocenters. The lowest BCUT2D eigenvalue weighted by atomic mass is 10.2. The molecule has 0 aliphatic carbocycles. The van der Waals surface area contributed by atoms with E-state index < -0.39 is 0 Å². The fourth-order valence-corrected chi connectivity index (χ4v) is 1.76. The first-order valence-corrected chi connectivity index (χ1v) is 6.41. The number of thioether (sulfide) groups is 1. The SMILES string of the molecule is CCSCCC(C)NC(=O)CBr. The molecule has 1 amide bonds. The summed E-state index contributed by atoms with van der Waals surface area (Å²) in [6.07, 6.45) is 1.05. The number of halogens is 1.